The van der Waals surface area contributed by atoms with Gasteiger partial charge in [0.05, 0.1) is 17.9 Å². The van der Waals surface area contributed by atoms with E-state index in [1.165, 1.54) is 0 Å². The highest BCUT2D eigenvalue weighted by Crippen LogP contribution is 2.24. The first-order chi connectivity index (χ1) is 8.49. The van der Waals surface area contributed by atoms with Gasteiger partial charge in [0, 0.05) is 29.3 Å². The maximum absolute atomic E-state index is 5.67. The first-order valence-corrected chi connectivity index (χ1v) is 7.30. The van der Waals surface area contributed by atoms with Crippen molar-refractivity contribution in [3.63, 3.8) is 0 Å². The number of hydrogen-bond donors (Lipinski definition) is 0. The second-order valence-electron chi connectivity index (χ2n) is 5.22. The number of aryl methyl sites for hydroxylation is 1. The normalized spacial score (nSPS) is 12.0. The molecule has 6 heteroatoms. The summed E-state index contributed by atoms with van der Waals surface area (Å²) in [5.41, 5.74) is 2.15. The van der Waals surface area contributed by atoms with E-state index in [-0.39, 0.29) is 5.41 Å². The third kappa shape index (κ3) is 3.29. The van der Waals surface area contributed by atoms with E-state index in [0.717, 1.165) is 22.8 Å². The lowest BCUT2D eigenvalue weighted by Gasteiger charge is -2.14. The summed E-state index contributed by atoms with van der Waals surface area (Å²) in [4.78, 5) is 4.64. The molecule has 2 aromatic rings. The molecule has 2 heterocycles. The lowest BCUT2D eigenvalue weighted by Crippen LogP contribution is -2.12. The molecule has 18 heavy (non-hydrogen) atoms. The predicted molar refractivity (Wildman–Crippen MR) is 74.4 cm³/mol. The van der Waals surface area contributed by atoms with Crippen LogP contribution in [0.3, 0.4) is 0 Å². The van der Waals surface area contributed by atoms with Crippen LogP contribution < -0.4 is 0 Å². The van der Waals surface area contributed by atoms with Crippen LogP contribution in [0.5, 0.6) is 0 Å². The molecule has 0 saturated carbocycles. The first-order valence-electron chi connectivity index (χ1n) is 5.89. The Balaban J connectivity index is 2.06. The zero-order chi connectivity index (χ0) is 13.2. The van der Waals surface area contributed by atoms with Gasteiger partial charge in [-0.2, -0.15) is 0 Å². The van der Waals surface area contributed by atoms with E-state index >= 15 is 0 Å². The summed E-state index contributed by atoms with van der Waals surface area (Å²) in [7, 11) is 0. The lowest BCUT2D eigenvalue weighted by molar-refractivity contribution is 0.566. The maximum Gasteiger partial charge on any atom is 0.114 e. The molecule has 0 aliphatic rings. The highest BCUT2D eigenvalue weighted by atomic mass is 35.5. The van der Waals surface area contributed by atoms with Crippen molar-refractivity contribution in [3.05, 3.63) is 28.0 Å². The Labute approximate surface area is 116 Å². The average molecular weight is 285 g/mol. The highest BCUT2D eigenvalue weighted by Gasteiger charge is 2.17. The van der Waals surface area contributed by atoms with E-state index in [0.29, 0.717) is 12.4 Å². The number of thiazole rings is 1. The molecule has 0 spiro atoms. The highest BCUT2D eigenvalue weighted by molar-refractivity contribution is 7.09. The second kappa shape index (κ2) is 5.36. The number of alkyl halides is 1. The Morgan fingerprint density at radius 3 is 2.78 bits per heavy atom. The zero-order valence-electron chi connectivity index (χ0n) is 10.9. The Morgan fingerprint density at radius 2 is 2.17 bits per heavy atom. The quantitative estimate of drug-likeness (QED) is 0.811. The number of nitrogens with zero attached hydrogens (tertiary/aromatic N) is 4. The van der Waals surface area contributed by atoms with Crippen LogP contribution in [0.25, 0.3) is 0 Å². The van der Waals surface area contributed by atoms with E-state index < -0.39 is 0 Å². The van der Waals surface area contributed by atoms with Crippen LogP contribution >= 0.6 is 22.9 Å². The molecule has 2 rings (SSSR count). The fourth-order valence-electron chi connectivity index (χ4n) is 1.49. The minimum absolute atomic E-state index is 0.0981. The van der Waals surface area contributed by atoms with Crippen LogP contribution in [0.2, 0.25) is 0 Å². The Morgan fingerprint density at radius 1 is 1.39 bits per heavy atom. The summed E-state index contributed by atoms with van der Waals surface area (Å²) >= 11 is 7.34. The molecule has 0 aliphatic heterocycles. The molecule has 0 radical (unpaired) electrons. The molecule has 2 aromatic heterocycles. The summed E-state index contributed by atoms with van der Waals surface area (Å²) in [5.74, 6) is 0.574. The van der Waals surface area contributed by atoms with Gasteiger partial charge < -0.3 is 0 Å². The summed E-state index contributed by atoms with van der Waals surface area (Å²) in [6.07, 6.45) is 2.69. The van der Waals surface area contributed by atoms with Gasteiger partial charge in [0.15, 0.2) is 0 Å². The molecule has 0 bridgehead atoms. The molecule has 0 fully saturated rings. The summed E-state index contributed by atoms with van der Waals surface area (Å²) in [6.45, 7) is 7.18. The third-order valence-electron chi connectivity index (χ3n) is 2.55. The van der Waals surface area contributed by atoms with Gasteiger partial charge in [-0.25, -0.2) is 9.67 Å². The van der Waals surface area contributed by atoms with Crippen molar-refractivity contribution in [2.24, 2.45) is 0 Å². The molecule has 98 valence electrons. The summed E-state index contributed by atoms with van der Waals surface area (Å²) in [5, 5.41) is 11.3. The molecular formula is C12H17ClN4S. The van der Waals surface area contributed by atoms with Crippen molar-refractivity contribution in [2.45, 2.75) is 39.2 Å². The topological polar surface area (TPSA) is 43.6 Å². The van der Waals surface area contributed by atoms with Crippen molar-refractivity contribution >= 4 is 22.9 Å². The molecule has 0 amide bonds. The minimum atomic E-state index is 0.0981. The Bertz CT molecular complexity index is 512. The third-order valence-corrected chi connectivity index (χ3v) is 3.58. The molecule has 0 unspecified atom stereocenters. The van der Waals surface area contributed by atoms with Gasteiger partial charge in [0.2, 0.25) is 0 Å². The zero-order valence-corrected chi connectivity index (χ0v) is 12.4. The monoisotopic (exact) mass is 284 g/mol. The molecule has 4 nitrogen and oxygen atoms in total. The van der Waals surface area contributed by atoms with Gasteiger partial charge in [-0.05, 0) is 0 Å². The van der Waals surface area contributed by atoms with Crippen LogP contribution in [0.1, 0.15) is 37.2 Å². The minimum Gasteiger partial charge on any atom is -0.245 e. The average Bonchev–Trinajstić information content (AvgIpc) is 2.88. The van der Waals surface area contributed by atoms with Crippen LogP contribution in [-0.4, -0.2) is 25.9 Å². The largest absolute Gasteiger partial charge is 0.245 e. The molecule has 0 aromatic carbocycles. The van der Waals surface area contributed by atoms with E-state index in [1.54, 1.807) is 11.3 Å². The standard InChI is InChI=1S/C12H17ClN4S/c1-12(2,3)10-8-18-11(14-10)7-17-6-9(4-5-13)15-16-17/h6,8H,4-5,7H2,1-3H3. The summed E-state index contributed by atoms with van der Waals surface area (Å²) in [6, 6.07) is 0. The van der Waals surface area contributed by atoms with Gasteiger partial charge in [-0.15, -0.1) is 28.0 Å². The predicted octanol–water partition coefficient (Wildman–Crippen LogP) is 2.86. The summed E-state index contributed by atoms with van der Waals surface area (Å²) < 4.78 is 1.81. The second-order valence-corrected chi connectivity index (χ2v) is 6.54. The molecule has 0 saturated heterocycles. The fourth-order valence-corrected chi connectivity index (χ4v) is 2.70. The first kappa shape index (κ1) is 13.5. The van der Waals surface area contributed by atoms with Crippen molar-refractivity contribution < 1.29 is 0 Å². The van der Waals surface area contributed by atoms with Crippen LogP contribution in [-0.2, 0) is 18.4 Å². The van der Waals surface area contributed by atoms with E-state index in [4.69, 9.17) is 11.6 Å². The van der Waals surface area contributed by atoms with Gasteiger partial charge >= 0.3 is 0 Å². The van der Waals surface area contributed by atoms with Gasteiger partial charge in [0.1, 0.15) is 5.01 Å². The van der Waals surface area contributed by atoms with Gasteiger partial charge in [-0.3, -0.25) is 0 Å². The van der Waals surface area contributed by atoms with Gasteiger partial charge in [-0.1, -0.05) is 26.0 Å². The Kier molecular flexibility index (Phi) is 4.02. The van der Waals surface area contributed by atoms with Crippen LogP contribution in [0.15, 0.2) is 11.6 Å². The SMILES string of the molecule is CC(C)(C)c1csc(Cn2cc(CCCl)nn2)n1. The number of aromatic nitrogens is 4. The molecule has 0 N–H and O–H groups in total. The van der Waals surface area contributed by atoms with Crippen molar-refractivity contribution in [1.29, 1.82) is 0 Å². The van der Waals surface area contributed by atoms with Crippen molar-refractivity contribution in [3.8, 4) is 0 Å². The van der Waals surface area contributed by atoms with Crippen molar-refractivity contribution in [1.82, 2.24) is 20.0 Å². The van der Waals surface area contributed by atoms with Crippen LogP contribution in [0, 0.1) is 0 Å². The number of halogens is 1. The molecule has 0 atom stereocenters. The van der Waals surface area contributed by atoms with Crippen LogP contribution in [0.4, 0.5) is 0 Å². The number of rotatable bonds is 4. The molecular weight excluding hydrogens is 268 g/mol. The van der Waals surface area contributed by atoms with Gasteiger partial charge in [0.25, 0.3) is 0 Å². The molecule has 0 aliphatic carbocycles. The Hall–Kier alpha value is -0.940. The van der Waals surface area contributed by atoms with E-state index in [1.807, 2.05) is 10.9 Å². The van der Waals surface area contributed by atoms with E-state index in [9.17, 15) is 0 Å². The smallest absolute Gasteiger partial charge is 0.114 e. The van der Waals surface area contributed by atoms with Crippen molar-refractivity contribution in [2.75, 3.05) is 5.88 Å². The van der Waals surface area contributed by atoms with E-state index in [2.05, 4.69) is 41.4 Å². The fraction of sp³-hybridized carbons (Fsp3) is 0.583. The number of hydrogen-bond acceptors (Lipinski definition) is 4. The lowest BCUT2D eigenvalue weighted by atomic mass is 9.93. The maximum atomic E-state index is 5.67.